The van der Waals surface area contributed by atoms with E-state index in [4.69, 9.17) is 9.47 Å². The zero-order chi connectivity index (χ0) is 19.7. The van der Waals surface area contributed by atoms with Crippen LogP contribution in [0.2, 0.25) is 0 Å². The van der Waals surface area contributed by atoms with Crippen LogP contribution in [0.4, 0.5) is 0 Å². The van der Waals surface area contributed by atoms with Crippen molar-refractivity contribution in [1.82, 2.24) is 5.32 Å². The molecule has 1 aromatic carbocycles. The van der Waals surface area contributed by atoms with Gasteiger partial charge in [-0.3, -0.25) is 9.59 Å². The zero-order valence-electron chi connectivity index (χ0n) is 16.8. The summed E-state index contributed by atoms with van der Waals surface area (Å²) in [6.45, 7) is 10.1. The minimum Gasteiger partial charge on any atom is -0.423 e. The molecule has 0 bridgehead atoms. The molecule has 2 N–H and O–H groups in total. The van der Waals surface area contributed by atoms with Crippen molar-refractivity contribution in [3.05, 3.63) is 23.8 Å². The summed E-state index contributed by atoms with van der Waals surface area (Å²) in [6, 6.07) is 4.77. The molecular weight excluding hydrogens is 370 g/mol. The number of hydrogen-bond donors (Lipinski definition) is 2. The number of hydrogen-bond acceptors (Lipinski definition) is 6. The molecule has 1 aromatic rings. The molecule has 0 radical (unpaired) electrons. The smallest absolute Gasteiger partial charge is 0.311 e. The summed E-state index contributed by atoms with van der Waals surface area (Å²) in [7, 11) is 0. The quantitative estimate of drug-likeness (QED) is 0.481. The highest BCUT2D eigenvalue weighted by atomic mass is 35.5. The number of halogens is 1. The normalized spacial score (nSPS) is 12.1. The Bertz CT molecular complexity index is 613. The average molecular weight is 402 g/mol. The van der Waals surface area contributed by atoms with Gasteiger partial charge in [0, 0.05) is 24.9 Å². The molecule has 0 fully saturated rings. The number of β-amino-alcohol motifs (C(OH)–C–C–N with tert-alkyl or cyclic N) is 1. The van der Waals surface area contributed by atoms with Gasteiger partial charge in [-0.15, -0.1) is 12.4 Å². The van der Waals surface area contributed by atoms with Crippen LogP contribution in [0.1, 0.15) is 72.0 Å². The molecule has 7 heteroatoms. The van der Waals surface area contributed by atoms with Crippen LogP contribution in [0.3, 0.4) is 0 Å². The first kappa shape index (κ1) is 25.4. The fourth-order valence-electron chi connectivity index (χ4n) is 2.17. The second-order valence-corrected chi connectivity index (χ2v) is 7.30. The maximum atomic E-state index is 11.9. The molecule has 6 nitrogen and oxygen atoms in total. The van der Waals surface area contributed by atoms with Crippen molar-refractivity contribution < 1.29 is 24.2 Å². The minimum atomic E-state index is -0.779. The van der Waals surface area contributed by atoms with E-state index in [9.17, 15) is 14.7 Å². The van der Waals surface area contributed by atoms with Crippen LogP contribution in [0.25, 0.3) is 0 Å². The van der Waals surface area contributed by atoms with Crippen LogP contribution < -0.4 is 14.8 Å². The lowest BCUT2D eigenvalue weighted by molar-refractivity contribution is -0.137. The Labute approximate surface area is 168 Å². The highest BCUT2D eigenvalue weighted by Gasteiger charge is 2.18. The van der Waals surface area contributed by atoms with Gasteiger partial charge < -0.3 is 19.9 Å². The summed E-state index contributed by atoms with van der Waals surface area (Å²) < 4.78 is 10.7. The number of benzene rings is 1. The summed E-state index contributed by atoms with van der Waals surface area (Å²) in [5.74, 6) is -0.449. The van der Waals surface area contributed by atoms with Crippen LogP contribution >= 0.6 is 12.4 Å². The first-order valence-electron chi connectivity index (χ1n) is 9.14. The molecule has 0 heterocycles. The van der Waals surface area contributed by atoms with Crippen molar-refractivity contribution in [2.75, 3.05) is 6.54 Å². The Kier molecular flexibility index (Phi) is 11.2. The lowest BCUT2D eigenvalue weighted by Crippen LogP contribution is -2.38. The second kappa shape index (κ2) is 12.0. The molecule has 0 amide bonds. The van der Waals surface area contributed by atoms with Gasteiger partial charge >= 0.3 is 11.9 Å². The standard InChI is InChI=1S/C20H31NO5.ClH/c1-6-8-18(23)25-16-11-10-14(15(22)13-21-20(3,4)5)12-17(16)26-19(24)9-7-2;/h10-12,15,21-22H,6-9,13H2,1-5H3;1H. The van der Waals surface area contributed by atoms with E-state index in [2.05, 4.69) is 5.32 Å². The van der Waals surface area contributed by atoms with Gasteiger partial charge in [-0.25, -0.2) is 0 Å². The molecule has 0 saturated carbocycles. The fourth-order valence-corrected chi connectivity index (χ4v) is 2.17. The Morgan fingerprint density at radius 1 is 1.04 bits per heavy atom. The van der Waals surface area contributed by atoms with Crippen molar-refractivity contribution in [3.63, 3.8) is 0 Å². The van der Waals surface area contributed by atoms with Crippen LogP contribution in [0, 0.1) is 0 Å². The fraction of sp³-hybridized carbons (Fsp3) is 0.600. The zero-order valence-corrected chi connectivity index (χ0v) is 17.6. The van der Waals surface area contributed by atoms with Gasteiger partial charge in [0.25, 0.3) is 0 Å². The van der Waals surface area contributed by atoms with Gasteiger partial charge in [-0.2, -0.15) is 0 Å². The number of nitrogens with one attached hydrogen (secondary N) is 1. The molecule has 154 valence electrons. The van der Waals surface area contributed by atoms with Crippen LogP contribution in [-0.2, 0) is 9.59 Å². The minimum absolute atomic E-state index is 0. The van der Waals surface area contributed by atoms with Gasteiger partial charge in [-0.05, 0) is 51.3 Å². The molecule has 0 aliphatic carbocycles. The molecule has 0 saturated heterocycles. The summed E-state index contributed by atoms with van der Waals surface area (Å²) in [5, 5.41) is 13.6. The highest BCUT2D eigenvalue weighted by molar-refractivity contribution is 5.85. The highest BCUT2D eigenvalue weighted by Crippen LogP contribution is 2.31. The van der Waals surface area contributed by atoms with Gasteiger partial charge in [0.15, 0.2) is 11.5 Å². The van der Waals surface area contributed by atoms with Crippen molar-refractivity contribution >= 4 is 24.3 Å². The number of esters is 2. The third kappa shape index (κ3) is 9.75. The molecular formula is C20H32ClNO5. The molecule has 27 heavy (non-hydrogen) atoms. The van der Waals surface area contributed by atoms with Gasteiger partial charge in [0.2, 0.25) is 0 Å². The van der Waals surface area contributed by atoms with Crippen molar-refractivity contribution in [3.8, 4) is 11.5 Å². The van der Waals surface area contributed by atoms with Crippen LogP contribution in [0.15, 0.2) is 18.2 Å². The largest absolute Gasteiger partial charge is 0.423 e. The van der Waals surface area contributed by atoms with E-state index in [1.807, 2.05) is 34.6 Å². The third-order valence-corrected chi connectivity index (χ3v) is 3.53. The summed E-state index contributed by atoms with van der Waals surface area (Å²) in [4.78, 5) is 23.7. The van der Waals surface area contributed by atoms with Crippen molar-refractivity contribution in [1.29, 1.82) is 0 Å². The second-order valence-electron chi connectivity index (χ2n) is 7.30. The lowest BCUT2D eigenvalue weighted by atomic mass is 10.1. The van der Waals surface area contributed by atoms with E-state index >= 15 is 0 Å². The molecule has 0 spiro atoms. The lowest BCUT2D eigenvalue weighted by Gasteiger charge is -2.23. The van der Waals surface area contributed by atoms with E-state index < -0.39 is 12.1 Å². The monoisotopic (exact) mass is 401 g/mol. The molecule has 1 rings (SSSR count). The van der Waals surface area contributed by atoms with Gasteiger partial charge in [0.05, 0.1) is 6.10 Å². The topological polar surface area (TPSA) is 84.9 Å². The third-order valence-electron chi connectivity index (χ3n) is 3.53. The van der Waals surface area contributed by atoms with Crippen LogP contribution in [0.5, 0.6) is 11.5 Å². The Hall–Kier alpha value is -1.63. The number of carbonyl (C=O) groups excluding carboxylic acids is 2. The molecule has 1 atom stereocenters. The average Bonchev–Trinajstić information content (AvgIpc) is 2.54. The van der Waals surface area contributed by atoms with Crippen LogP contribution in [-0.4, -0.2) is 29.1 Å². The van der Waals surface area contributed by atoms with Gasteiger partial charge in [-0.1, -0.05) is 19.9 Å². The van der Waals surface area contributed by atoms with E-state index in [-0.39, 0.29) is 48.3 Å². The predicted octanol–water partition coefficient (Wildman–Crippen LogP) is 3.94. The van der Waals surface area contributed by atoms with E-state index in [0.29, 0.717) is 24.9 Å². The number of aliphatic hydroxyl groups excluding tert-OH is 1. The van der Waals surface area contributed by atoms with E-state index in [0.717, 1.165) is 0 Å². The Morgan fingerprint density at radius 2 is 1.56 bits per heavy atom. The van der Waals surface area contributed by atoms with Crippen molar-refractivity contribution in [2.45, 2.75) is 71.9 Å². The first-order chi connectivity index (χ1) is 12.2. The van der Waals surface area contributed by atoms with E-state index in [1.165, 1.54) is 0 Å². The Balaban J connectivity index is 0.00000676. The Morgan fingerprint density at radius 3 is 2.04 bits per heavy atom. The maximum Gasteiger partial charge on any atom is 0.311 e. The summed E-state index contributed by atoms with van der Waals surface area (Å²) >= 11 is 0. The van der Waals surface area contributed by atoms with Gasteiger partial charge in [0.1, 0.15) is 0 Å². The predicted molar refractivity (Wildman–Crippen MR) is 107 cm³/mol. The molecule has 0 aliphatic heterocycles. The molecule has 0 aromatic heterocycles. The number of ether oxygens (including phenoxy) is 2. The van der Waals surface area contributed by atoms with E-state index in [1.54, 1.807) is 18.2 Å². The molecule has 0 aliphatic rings. The number of aliphatic hydroxyl groups is 1. The van der Waals surface area contributed by atoms with Crippen molar-refractivity contribution in [2.24, 2.45) is 0 Å². The maximum absolute atomic E-state index is 11.9. The summed E-state index contributed by atoms with van der Waals surface area (Å²) in [5.41, 5.74) is 0.448. The molecule has 1 unspecified atom stereocenters. The summed E-state index contributed by atoms with van der Waals surface area (Å²) in [6.07, 6.45) is 1.09. The number of carbonyl (C=O) groups is 2. The SMILES string of the molecule is CCCC(=O)Oc1ccc(C(O)CNC(C)(C)C)cc1OC(=O)CCC.Cl. The first-order valence-corrected chi connectivity index (χ1v) is 9.14. The number of rotatable bonds is 9.